The smallest absolute Gasteiger partial charge is 0.263 e. The molecule has 1 amide bonds. The molecular formula is C17H25N3O3S2. The largest absolute Gasteiger partial charge is 0.383 e. The Labute approximate surface area is 156 Å². The molecule has 25 heavy (non-hydrogen) atoms. The third-order valence-corrected chi connectivity index (χ3v) is 6.14. The summed E-state index contributed by atoms with van der Waals surface area (Å²) < 4.78 is 6.63. The van der Waals surface area contributed by atoms with Gasteiger partial charge < -0.3 is 10.1 Å². The van der Waals surface area contributed by atoms with Gasteiger partial charge >= 0.3 is 0 Å². The van der Waals surface area contributed by atoms with Crippen molar-refractivity contribution in [2.24, 2.45) is 0 Å². The molecule has 0 aliphatic rings. The lowest BCUT2D eigenvalue weighted by Gasteiger charge is -2.18. The van der Waals surface area contributed by atoms with Gasteiger partial charge in [-0.3, -0.25) is 14.2 Å². The molecule has 138 valence electrons. The highest BCUT2D eigenvalue weighted by atomic mass is 32.2. The van der Waals surface area contributed by atoms with Crippen LogP contribution >= 0.6 is 23.1 Å². The second kappa shape index (κ2) is 8.33. The van der Waals surface area contributed by atoms with Crippen LogP contribution in [-0.4, -0.2) is 41.0 Å². The van der Waals surface area contributed by atoms with E-state index < -0.39 is 0 Å². The van der Waals surface area contributed by atoms with E-state index in [4.69, 9.17) is 9.72 Å². The van der Waals surface area contributed by atoms with E-state index in [9.17, 15) is 9.59 Å². The van der Waals surface area contributed by atoms with Crippen LogP contribution in [0.5, 0.6) is 0 Å². The molecule has 2 aromatic heterocycles. The van der Waals surface area contributed by atoms with Crippen LogP contribution in [0.2, 0.25) is 0 Å². The normalized spacial score (nSPS) is 12.8. The number of amides is 1. The summed E-state index contributed by atoms with van der Waals surface area (Å²) in [6.07, 6.45) is 0. The molecule has 0 unspecified atom stereocenters. The minimum atomic E-state index is -0.353. The van der Waals surface area contributed by atoms with Crippen LogP contribution < -0.4 is 10.9 Å². The number of carbonyl (C=O) groups excluding carboxylic acids is 1. The number of thiophene rings is 1. The first kappa shape index (κ1) is 19.9. The van der Waals surface area contributed by atoms with Crippen molar-refractivity contribution in [3.63, 3.8) is 0 Å². The van der Waals surface area contributed by atoms with E-state index in [-0.39, 0.29) is 22.8 Å². The molecule has 2 rings (SSSR count). The van der Waals surface area contributed by atoms with Crippen LogP contribution in [0.4, 0.5) is 0 Å². The van der Waals surface area contributed by atoms with Crippen molar-refractivity contribution in [1.29, 1.82) is 0 Å². The van der Waals surface area contributed by atoms with E-state index in [0.29, 0.717) is 23.7 Å². The molecule has 0 saturated heterocycles. The summed E-state index contributed by atoms with van der Waals surface area (Å²) in [6.45, 7) is 10.6. The van der Waals surface area contributed by atoms with Crippen molar-refractivity contribution >= 4 is 39.2 Å². The molecular weight excluding hydrogens is 358 g/mol. The van der Waals surface area contributed by atoms with Gasteiger partial charge in [-0.05, 0) is 40.2 Å². The molecule has 1 N–H and O–H groups in total. The van der Waals surface area contributed by atoms with E-state index in [1.807, 2.05) is 34.6 Å². The van der Waals surface area contributed by atoms with Crippen molar-refractivity contribution in [1.82, 2.24) is 14.9 Å². The van der Waals surface area contributed by atoms with Gasteiger partial charge in [-0.15, -0.1) is 11.3 Å². The van der Waals surface area contributed by atoms with Crippen molar-refractivity contribution in [3.8, 4) is 0 Å². The molecule has 8 heteroatoms. The molecule has 2 aromatic rings. The minimum absolute atomic E-state index is 0.0312. The van der Waals surface area contributed by atoms with Crippen molar-refractivity contribution < 1.29 is 9.53 Å². The zero-order valence-electron chi connectivity index (χ0n) is 15.5. The SMILES string of the molecule is COCCNC(=O)[C@@H](C)Sc1nc2sc(C)c(C)c2c(=O)n1C(C)C. The van der Waals surface area contributed by atoms with Crippen LogP contribution in [-0.2, 0) is 9.53 Å². The summed E-state index contributed by atoms with van der Waals surface area (Å²) in [5, 5.41) is 3.75. The second-order valence-corrected chi connectivity index (χ2v) is 8.68. The molecule has 0 fully saturated rings. The van der Waals surface area contributed by atoms with Gasteiger partial charge in [-0.25, -0.2) is 4.98 Å². The van der Waals surface area contributed by atoms with E-state index in [1.54, 1.807) is 11.7 Å². The van der Waals surface area contributed by atoms with Crippen LogP contribution in [0.3, 0.4) is 0 Å². The zero-order chi connectivity index (χ0) is 18.7. The number of fused-ring (bicyclic) bond motifs is 1. The van der Waals surface area contributed by atoms with Crippen molar-refractivity contribution in [2.75, 3.05) is 20.3 Å². The first-order chi connectivity index (χ1) is 11.8. The maximum atomic E-state index is 13.0. The summed E-state index contributed by atoms with van der Waals surface area (Å²) in [6, 6.07) is -0.0322. The number of rotatable bonds is 7. The number of nitrogens with one attached hydrogen (secondary N) is 1. The average Bonchev–Trinajstić information content (AvgIpc) is 2.81. The van der Waals surface area contributed by atoms with Crippen LogP contribution in [0.1, 0.15) is 37.3 Å². The number of aromatic nitrogens is 2. The molecule has 1 atom stereocenters. The van der Waals surface area contributed by atoms with Gasteiger partial charge in [-0.2, -0.15) is 0 Å². The van der Waals surface area contributed by atoms with Gasteiger partial charge in [0, 0.05) is 24.6 Å². The predicted octanol–water partition coefficient (Wildman–Crippen LogP) is 2.90. The fourth-order valence-corrected chi connectivity index (χ4v) is 4.59. The van der Waals surface area contributed by atoms with Gasteiger partial charge in [0.05, 0.1) is 17.2 Å². The first-order valence-corrected chi connectivity index (χ1v) is 9.93. The van der Waals surface area contributed by atoms with E-state index in [2.05, 4.69) is 5.32 Å². The first-order valence-electron chi connectivity index (χ1n) is 8.23. The number of thioether (sulfide) groups is 1. The topological polar surface area (TPSA) is 73.2 Å². The zero-order valence-corrected chi connectivity index (χ0v) is 17.1. The van der Waals surface area contributed by atoms with Crippen LogP contribution in [0.15, 0.2) is 9.95 Å². The summed E-state index contributed by atoms with van der Waals surface area (Å²) in [5.41, 5.74) is 0.963. The molecule has 2 heterocycles. The van der Waals surface area contributed by atoms with E-state index in [0.717, 1.165) is 15.3 Å². The Kier molecular flexibility index (Phi) is 6.65. The Bertz CT molecular complexity index is 827. The number of hydrogen-bond acceptors (Lipinski definition) is 6. The summed E-state index contributed by atoms with van der Waals surface area (Å²) in [5.74, 6) is -0.0924. The Morgan fingerprint density at radius 3 is 2.64 bits per heavy atom. The van der Waals surface area contributed by atoms with Gasteiger partial charge in [-0.1, -0.05) is 11.8 Å². The molecule has 0 aromatic carbocycles. The Hall–Kier alpha value is -1.38. The highest BCUT2D eigenvalue weighted by molar-refractivity contribution is 8.00. The number of ether oxygens (including phenoxy) is 1. The fourth-order valence-electron chi connectivity index (χ4n) is 2.46. The molecule has 0 aliphatic carbocycles. The molecule has 6 nitrogen and oxygen atoms in total. The van der Waals surface area contributed by atoms with E-state index in [1.165, 1.54) is 23.1 Å². The van der Waals surface area contributed by atoms with Gasteiger partial charge in [0.25, 0.3) is 5.56 Å². The lowest BCUT2D eigenvalue weighted by molar-refractivity contribution is -0.120. The van der Waals surface area contributed by atoms with Crippen LogP contribution in [0.25, 0.3) is 10.2 Å². The number of aryl methyl sites for hydroxylation is 2. The standard InChI is InChI=1S/C17H25N3O3S2/c1-9(2)20-16(22)13-10(3)11(4)24-15(13)19-17(20)25-12(5)14(21)18-7-8-23-6/h9,12H,7-8H2,1-6H3,(H,18,21)/t12-/m1/s1. The van der Waals surface area contributed by atoms with Crippen molar-refractivity contribution in [2.45, 2.75) is 51.1 Å². The number of nitrogens with zero attached hydrogens (tertiary/aromatic N) is 2. The fraction of sp³-hybridized carbons (Fsp3) is 0.588. The number of hydrogen-bond donors (Lipinski definition) is 1. The minimum Gasteiger partial charge on any atom is -0.383 e. The highest BCUT2D eigenvalue weighted by Crippen LogP contribution is 2.30. The predicted molar refractivity (Wildman–Crippen MR) is 104 cm³/mol. The molecule has 0 aliphatic heterocycles. The Morgan fingerprint density at radius 2 is 2.04 bits per heavy atom. The lowest BCUT2D eigenvalue weighted by Crippen LogP contribution is -2.34. The molecule has 0 bridgehead atoms. The Balaban J connectivity index is 2.38. The third kappa shape index (κ3) is 4.24. The van der Waals surface area contributed by atoms with Gasteiger partial charge in [0.2, 0.25) is 5.91 Å². The average molecular weight is 384 g/mol. The summed E-state index contributed by atoms with van der Waals surface area (Å²) in [4.78, 5) is 31.7. The lowest BCUT2D eigenvalue weighted by atomic mass is 10.2. The highest BCUT2D eigenvalue weighted by Gasteiger charge is 2.22. The van der Waals surface area contributed by atoms with Crippen LogP contribution in [0, 0.1) is 13.8 Å². The maximum Gasteiger partial charge on any atom is 0.263 e. The van der Waals surface area contributed by atoms with Gasteiger partial charge in [0.15, 0.2) is 5.16 Å². The molecule has 0 radical (unpaired) electrons. The van der Waals surface area contributed by atoms with E-state index >= 15 is 0 Å². The van der Waals surface area contributed by atoms with Crippen molar-refractivity contribution in [3.05, 3.63) is 20.8 Å². The summed E-state index contributed by atoms with van der Waals surface area (Å²) in [7, 11) is 1.59. The number of carbonyl (C=O) groups is 1. The Morgan fingerprint density at radius 1 is 1.36 bits per heavy atom. The second-order valence-electron chi connectivity index (χ2n) is 6.17. The quantitative estimate of drug-likeness (QED) is 0.452. The third-order valence-electron chi connectivity index (χ3n) is 3.98. The molecule has 0 spiro atoms. The summed E-state index contributed by atoms with van der Waals surface area (Å²) >= 11 is 2.84. The monoisotopic (exact) mass is 383 g/mol. The maximum absolute atomic E-state index is 13.0. The molecule has 0 saturated carbocycles. The van der Waals surface area contributed by atoms with Gasteiger partial charge in [0.1, 0.15) is 4.83 Å². The number of methoxy groups -OCH3 is 1.